The van der Waals surface area contributed by atoms with Crippen molar-refractivity contribution >= 4 is 30.1 Å². The number of hydrogen-bond donors (Lipinski definition) is 0. The van der Waals surface area contributed by atoms with Crippen LogP contribution in [0.1, 0.15) is 22.5 Å². The third-order valence-electron chi connectivity index (χ3n) is 3.90. The van der Waals surface area contributed by atoms with Gasteiger partial charge in [-0.1, -0.05) is 0 Å². The summed E-state index contributed by atoms with van der Waals surface area (Å²) in [6, 6.07) is 4.04. The van der Waals surface area contributed by atoms with Crippen LogP contribution in [0.2, 0.25) is 0 Å². The van der Waals surface area contributed by atoms with E-state index in [0.29, 0.717) is 14.5 Å². The molecule has 3 nitrogen and oxygen atoms in total. The standard InChI is InChI=1S/C16H19NO2Se/c1-10-4-5-13(19-11(2)18)15-12-6-8-17(3)9-7-14(12)20-16(10)15/h4-5H,6-9H2,1-3H3. The van der Waals surface area contributed by atoms with E-state index in [4.69, 9.17) is 4.74 Å². The van der Waals surface area contributed by atoms with Crippen LogP contribution in [-0.4, -0.2) is 45.5 Å². The number of benzene rings is 1. The Kier molecular flexibility index (Phi) is 3.72. The van der Waals surface area contributed by atoms with Crippen molar-refractivity contribution in [2.75, 3.05) is 20.1 Å². The van der Waals surface area contributed by atoms with E-state index >= 15 is 0 Å². The van der Waals surface area contributed by atoms with E-state index in [9.17, 15) is 4.79 Å². The van der Waals surface area contributed by atoms with Crippen molar-refractivity contribution in [1.29, 1.82) is 0 Å². The maximum atomic E-state index is 11.3. The van der Waals surface area contributed by atoms with E-state index in [1.165, 1.54) is 27.7 Å². The molecule has 0 saturated carbocycles. The molecule has 0 aliphatic carbocycles. The molecule has 1 aromatic carbocycles. The van der Waals surface area contributed by atoms with Crippen molar-refractivity contribution in [1.82, 2.24) is 4.90 Å². The van der Waals surface area contributed by atoms with Crippen LogP contribution in [0.15, 0.2) is 12.1 Å². The molecule has 0 unspecified atom stereocenters. The SMILES string of the molecule is CC(=O)Oc1ccc(C)c2[se]c3c(c12)CCN(C)CC3. The summed E-state index contributed by atoms with van der Waals surface area (Å²) >= 11 is 0.399. The van der Waals surface area contributed by atoms with Gasteiger partial charge in [0.2, 0.25) is 0 Å². The van der Waals surface area contributed by atoms with Crippen LogP contribution in [0, 0.1) is 6.92 Å². The third kappa shape index (κ3) is 2.44. The van der Waals surface area contributed by atoms with E-state index in [1.54, 1.807) is 4.44 Å². The molecule has 1 aromatic heterocycles. The van der Waals surface area contributed by atoms with Crippen molar-refractivity contribution in [2.24, 2.45) is 0 Å². The second-order valence-electron chi connectivity index (χ2n) is 5.49. The zero-order valence-electron chi connectivity index (χ0n) is 12.2. The van der Waals surface area contributed by atoms with Gasteiger partial charge in [-0.2, -0.15) is 0 Å². The molecule has 0 radical (unpaired) electrons. The molecule has 0 amide bonds. The number of likely N-dealkylation sites (N-methyl/N-ethyl adjacent to an activating group) is 1. The van der Waals surface area contributed by atoms with Gasteiger partial charge in [-0.3, -0.25) is 0 Å². The topological polar surface area (TPSA) is 29.5 Å². The Morgan fingerprint density at radius 3 is 2.80 bits per heavy atom. The Balaban J connectivity index is 2.20. The van der Waals surface area contributed by atoms with Crippen LogP contribution in [-0.2, 0) is 17.6 Å². The molecule has 0 saturated heterocycles. The van der Waals surface area contributed by atoms with Crippen LogP contribution < -0.4 is 4.74 Å². The van der Waals surface area contributed by atoms with Gasteiger partial charge >= 0.3 is 125 Å². The number of carbonyl (C=O) groups is 1. The zero-order chi connectivity index (χ0) is 14.3. The van der Waals surface area contributed by atoms with Crippen molar-refractivity contribution < 1.29 is 9.53 Å². The number of hydrogen-bond acceptors (Lipinski definition) is 3. The molecule has 1 aliphatic heterocycles. The molecular formula is C16H19NO2Se. The Hall–Kier alpha value is -1.09. The van der Waals surface area contributed by atoms with Crippen molar-refractivity contribution in [3.63, 3.8) is 0 Å². The number of aryl methyl sites for hydroxylation is 1. The first kappa shape index (κ1) is 13.9. The summed E-state index contributed by atoms with van der Waals surface area (Å²) in [4.78, 5) is 13.7. The molecular weight excluding hydrogens is 317 g/mol. The zero-order valence-corrected chi connectivity index (χ0v) is 13.9. The second-order valence-corrected chi connectivity index (χ2v) is 7.80. The Labute approximate surface area is 125 Å². The summed E-state index contributed by atoms with van der Waals surface area (Å²) in [6.07, 6.45) is 2.22. The van der Waals surface area contributed by atoms with Gasteiger partial charge in [0, 0.05) is 0 Å². The van der Waals surface area contributed by atoms with Crippen LogP contribution in [0.3, 0.4) is 0 Å². The molecule has 0 spiro atoms. The third-order valence-corrected chi connectivity index (χ3v) is 6.89. The van der Waals surface area contributed by atoms with Gasteiger partial charge in [0.15, 0.2) is 0 Å². The molecule has 2 aromatic rings. The van der Waals surface area contributed by atoms with Gasteiger partial charge < -0.3 is 0 Å². The minimum atomic E-state index is -0.233. The summed E-state index contributed by atoms with van der Waals surface area (Å²) in [5.74, 6) is 0.526. The first-order chi connectivity index (χ1) is 9.56. The van der Waals surface area contributed by atoms with E-state index in [0.717, 1.165) is 31.7 Å². The van der Waals surface area contributed by atoms with Gasteiger partial charge in [-0.15, -0.1) is 0 Å². The fourth-order valence-corrected chi connectivity index (χ4v) is 5.60. The summed E-state index contributed by atoms with van der Waals surface area (Å²) in [7, 11) is 2.18. The van der Waals surface area contributed by atoms with Crippen molar-refractivity contribution in [3.8, 4) is 5.75 Å². The van der Waals surface area contributed by atoms with E-state index in [2.05, 4.69) is 24.9 Å². The molecule has 0 fully saturated rings. The number of esters is 1. The quantitative estimate of drug-likeness (QED) is 0.454. The Morgan fingerprint density at radius 1 is 1.30 bits per heavy atom. The number of ether oxygens (including phenoxy) is 1. The van der Waals surface area contributed by atoms with Gasteiger partial charge in [0.1, 0.15) is 0 Å². The molecule has 2 heterocycles. The van der Waals surface area contributed by atoms with Crippen molar-refractivity contribution in [2.45, 2.75) is 26.7 Å². The average Bonchev–Trinajstić information content (AvgIpc) is 2.67. The first-order valence-electron chi connectivity index (χ1n) is 6.97. The molecule has 4 heteroatoms. The van der Waals surface area contributed by atoms with E-state index in [1.807, 2.05) is 6.07 Å². The summed E-state index contributed by atoms with van der Waals surface area (Å²) in [5, 5.41) is 1.23. The number of carbonyl (C=O) groups excluding carboxylic acids is 1. The normalized spacial score (nSPS) is 15.9. The molecule has 3 rings (SSSR count). The van der Waals surface area contributed by atoms with Crippen molar-refractivity contribution in [3.05, 3.63) is 27.7 Å². The Morgan fingerprint density at radius 2 is 2.05 bits per heavy atom. The number of rotatable bonds is 1. The van der Waals surface area contributed by atoms with Crippen LogP contribution in [0.5, 0.6) is 5.75 Å². The number of nitrogens with zero attached hydrogens (tertiary/aromatic N) is 1. The monoisotopic (exact) mass is 337 g/mol. The Bertz CT molecular complexity index is 675. The molecule has 106 valence electrons. The average molecular weight is 336 g/mol. The van der Waals surface area contributed by atoms with Gasteiger partial charge in [0.05, 0.1) is 0 Å². The van der Waals surface area contributed by atoms with E-state index < -0.39 is 0 Å². The fourth-order valence-electron chi connectivity index (χ4n) is 2.82. The predicted octanol–water partition coefficient (Wildman–Crippen LogP) is 2.16. The molecule has 1 aliphatic rings. The van der Waals surface area contributed by atoms with E-state index in [-0.39, 0.29) is 5.97 Å². The van der Waals surface area contributed by atoms with Gasteiger partial charge in [0.25, 0.3) is 0 Å². The van der Waals surface area contributed by atoms with Crippen LogP contribution in [0.25, 0.3) is 9.65 Å². The fraction of sp³-hybridized carbons (Fsp3) is 0.438. The second kappa shape index (κ2) is 5.36. The van der Waals surface area contributed by atoms with Crippen LogP contribution in [0.4, 0.5) is 0 Å². The summed E-state index contributed by atoms with van der Waals surface area (Å²) in [6.45, 7) is 5.86. The van der Waals surface area contributed by atoms with Gasteiger partial charge in [-0.25, -0.2) is 0 Å². The minimum absolute atomic E-state index is 0.233. The first-order valence-corrected chi connectivity index (χ1v) is 8.68. The molecule has 20 heavy (non-hydrogen) atoms. The maximum absolute atomic E-state index is 11.3. The van der Waals surface area contributed by atoms with Crippen LogP contribution >= 0.6 is 0 Å². The number of fused-ring (bicyclic) bond motifs is 3. The van der Waals surface area contributed by atoms with Gasteiger partial charge in [-0.05, 0) is 0 Å². The molecule has 0 N–H and O–H groups in total. The summed E-state index contributed by atoms with van der Waals surface area (Å²) < 4.78 is 8.47. The molecule has 0 atom stereocenters. The summed E-state index contributed by atoms with van der Waals surface area (Å²) in [5.41, 5.74) is 2.78. The predicted molar refractivity (Wildman–Crippen MR) is 81.8 cm³/mol. The molecule has 0 bridgehead atoms.